The van der Waals surface area contributed by atoms with Crippen LogP contribution in [-0.2, 0) is 4.79 Å². The third kappa shape index (κ3) is 5.85. The Balaban J connectivity index is 2.83. The van der Waals surface area contributed by atoms with Crippen LogP contribution in [-0.4, -0.2) is 24.5 Å². The summed E-state index contributed by atoms with van der Waals surface area (Å²) in [6.45, 7) is 8.75. The number of carbonyl (C=O) groups is 1. The number of benzene rings is 1. The molecule has 0 amide bonds. The Kier molecular flexibility index (Phi) is 7.71. The first-order chi connectivity index (χ1) is 11.2. The number of rotatable bonds is 8. The lowest BCUT2D eigenvalue weighted by Gasteiger charge is -2.20. The molecule has 0 aromatic heterocycles. The molecule has 1 aromatic carbocycles. The Morgan fingerprint density at radius 3 is 2.12 bits per heavy atom. The zero-order valence-corrected chi connectivity index (χ0v) is 15.1. The first-order valence-corrected chi connectivity index (χ1v) is 8.39. The van der Waals surface area contributed by atoms with E-state index in [-0.39, 0.29) is 17.8 Å². The molecule has 1 aromatic rings. The second-order valence-electron chi connectivity index (χ2n) is 6.55. The molecule has 1 atom stereocenters. The standard InChI is InChI=1S/C18H30N4O2/c1-11(2)13-7-5-8-14(12(3)4)16(13)24-17(23)15(19)9-6-10-22-18(20)21/h5,7-8,11-12,15H,6,9-10,19H2,1-4H3,(H4,20,21,22). The van der Waals surface area contributed by atoms with Crippen molar-refractivity contribution in [2.24, 2.45) is 22.2 Å². The third-order valence-electron chi connectivity index (χ3n) is 3.79. The second-order valence-corrected chi connectivity index (χ2v) is 6.55. The monoisotopic (exact) mass is 334 g/mol. The van der Waals surface area contributed by atoms with Gasteiger partial charge in [-0.1, -0.05) is 45.9 Å². The van der Waals surface area contributed by atoms with Gasteiger partial charge in [-0.3, -0.25) is 4.99 Å². The molecule has 0 radical (unpaired) electrons. The Morgan fingerprint density at radius 2 is 1.67 bits per heavy atom. The van der Waals surface area contributed by atoms with E-state index in [1.54, 1.807) is 0 Å². The van der Waals surface area contributed by atoms with Crippen molar-refractivity contribution in [2.45, 2.75) is 58.4 Å². The van der Waals surface area contributed by atoms with Crippen molar-refractivity contribution < 1.29 is 9.53 Å². The van der Waals surface area contributed by atoms with Crippen LogP contribution in [0.2, 0.25) is 0 Å². The molecule has 1 unspecified atom stereocenters. The summed E-state index contributed by atoms with van der Waals surface area (Å²) >= 11 is 0. The van der Waals surface area contributed by atoms with E-state index in [1.165, 1.54) is 0 Å². The molecule has 6 nitrogen and oxygen atoms in total. The van der Waals surface area contributed by atoms with Gasteiger partial charge in [0.25, 0.3) is 0 Å². The van der Waals surface area contributed by atoms with Gasteiger partial charge in [0.2, 0.25) is 0 Å². The fourth-order valence-electron chi connectivity index (χ4n) is 2.41. The Labute approximate surface area is 144 Å². The van der Waals surface area contributed by atoms with E-state index in [9.17, 15) is 4.79 Å². The maximum Gasteiger partial charge on any atom is 0.328 e. The number of nitrogens with zero attached hydrogens (tertiary/aromatic N) is 1. The van der Waals surface area contributed by atoms with E-state index in [0.29, 0.717) is 25.1 Å². The molecule has 0 heterocycles. The van der Waals surface area contributed by atoms with Crippen LogP contribution in [0.4, 0.5) is 0 Å². The number of para-hydroxylation sites is 1. The maximum atomic E-state index is 12.4. The number of hydrogen-bond acceptors (Lipinski definition) is 4. The van der Waals surface area contributed by atoms with Gasteiger partial charge in [-0.2, -0.15) is 0 Å². The molecule has 0 bridgehead atoms. The van der Waals surface area contributed by atoms with Crippen molar-refractivity contribution in [3.63, 3.8) is 0 Å². The number of nitrogens with two attached hydrogens (primary N) is 3. The summed E-state index contributed by atoms with van der Waals surface area (Å²) in [5.74, 6) is 0.773. The number of guanidine groups is 1. The predicted octanol–water partition coefficient (Wildman–Crippen LogP) is 2.22. The van der Waals surface area contributed by atoms with Gasteiger partial charge in [0, 0.05) is 6.54 Å². The van der Waals surface area contributed by atoms with Gasteiger partial charge in [-0.25, -0.2) is 4.79 Å². The highest BCUT2D eigenvalue weighted by Crippen LogP contribution is 2.34. The summed E-state index contributed by atoms with van der Waals surface area (Å²) in [4.78, 5) is 16.2. The van der Waals surface area contributed by atoms with Crippen LogP contribution in [0.25, 0.3) is 0 Å². The number of carbonyl (C=O) groups excluding carboxylic acids is 1. The summed E-state index contributed by atoms with van der Waals surface area (Å²) in [5, 5.41) is 0. The zero-order valence-electron chi connectivity index (χ0n) is 15.1. The smallest absolute Gasteiger partial charge is 0.328 e. The van der Waals surface area contributed by atoms with Crippen LogP contribution in [0, 0.1) is 0 Å². The van der Waals surface area contributed by atoms with Crippen molar-refractivity contribution in [1.29, 1.82) is 0 Å². The van der Waals surface area contributed by atoms with Crippen LogP contribution in [0.3, 0.4) is 0 Å². The summed E-state index contributed by atoms with van der Waals surface area (Å²) < 4.78 is 5.69. The van der Waals surface area contributed by atoms with E-state index < -0.39 is 12.0 Å². The molecule has 6 heteroatoms. The van der Waals surface area contributed by atoms with Crippen molar-refractivity contribution >= 4 is 11.9 Å². The Bertz CT molecular complexity index is 552. The van der Waals surface area contributed by atoms with Crippen LogP contribution in [0.1, 0.15) is 63.5 Å². The molecule has 0 spiro atoms. The number of hydrogen-bond donors (Lipinski definition) is 3. The Hall–Kier alpha value is -2.08. The van der Waals surface area contributed by atoms with Crippen LogP contribution >= 0.6 is 0 Å². The summed E-state index contributed by atoms with van der Waals surface area (Å²) in [5.41, 5.74) is 18.5. The molecule has 134 valence electrons. The van der Waals surface area contributed by atoms with E-state index in [4.69, 9.17) is 21.9 Å². The topological polar surface area (TPSA) is 117 Å². The third-order valence-corrected chi connectivity index (χ3v) is 3.79. The minimum atomic E-state index is -0.695. The quantitative estimate of drug-likeness (QED) is 0.221. The highest BCUT2D eigenvalue weighted by atomic mass is 16.5. The van der Waals surface area contributed by atoms with Crippen molar-refractivity contribution in [2.75, 3.05) is 6.54 Å². The highest BCUT2D eigenvalue weighted by Gasteiger charge is 2.21. The molecule has 0 fully saturated rings. The van der Waals surface area contributed by atoms with Gasteiger partial charge in [-0.15, -0.1) is 0 Å². The SMILES string of the molecule is CC(C)c1cccc(C(C)C)c1OC(=O)C(N)CCCN=C(N)N. The molecule has 6 N–H and O–H groups in total. The van der Waals surface area contributed by atoms with Crippen molar-refractivity contribution in [3.8, 4) is 5.75 Å². The number of esters is 1. The first-order valence-electron chi connectivity index (χ1n) is 8.39. The van der Waals surface area contributed by atoms with Crippen molar-refractivity contribution in [1.82, 2.24) is 0 Å². The highest BCUT2D eigenvalue weighted by molar-refractivity contribution is 5.79. The fraction of sp³-hybridized carbons (Fsp3) is 0.556. The summed E-state index contributed by atoms with van der Waals surface area (Å²) in [6, 6.07) is 5.28. The summed E-state index contributed by atoms with van der Waals surface area (Å²) in [7, 11) is 0. The fourth-order valence-corrected chi connectivity index (χ4v) is 2.41. The largest absolute Gasteiger partial charge is 0.425 e. The lowest BCUT2D eigenvalue weighted by Crippen LogP contribution is -2.35. The molecular weight excluding hydrogens is 304 g/mol. The average Bonchev–Trinajstić information content (AvgIpc) is 2.50. The van der Waals surface area contributed by atoms with E-state index in [0.717, 1.165) is 11.1 Å². The van der Waals surface area contributed by atoms with E-state index in [2.05, 4.69) is 32.7 Å². The van der Waals surface area contributed by atoms with Crippen LogP contribution in [0.5, 0.6) is 5.75 Å². The molecular formula is C18H30N4O2. The lowest BCUT2D eigenvalue weighted by molar-refractivity contribution is -0.136. The molecule has 0 aliphatic carbocycles. The van der Waals surface area contributed by atoms with Crippen molar-refractivity contribution in [3.05, 3.63) is 29.3 Å². The zero-order chi connectivity index (χ0) is 18.3. The number of aliphatic imine (C=N–C) groups is 1. The predicted molar refractivity (Wildman–Crippen MR) is 98.1 cm³/mol. The van der Waals surface area contributed by atoms with Crippen LogP contribution in [0.15, 0.2) is 23.2 Å². The van der Waals surface area contributed by atoms with Gasteiger partial charge in [0.05, 0.1) is 0 Å². The molecule has 1 rings (SSSR count). The molecule has 0 aliphatic rings. The lowest BCUT2D eigenvalue weighted by atomic mass is 9.94. The molecule has 24 heavy (non-hydrogen) atoms. The molecule has 0 aliphatic heterocycles. The Morgan fingerprint density at radius 1 is 1.12 bits per heavy atom. The first kappa shape index (κ1) is 20.0. The van der Waals surface area contributed by atoms with Crippen LogP contribution < -0.4 is 21.9 Å². The van der Waals surface area contributed by atoms with Gasteiger partial charge in [0.15, 0.2) is 5.96 Å². The minimum absolute atomic E-state index is 0.0404. The maximum absolute atomic E-state index is 12.4. The minimum Gasteiger partial charge on any atom is -0.425 e. The van der Waals surface area contributed by atoms with Gasteiger partial charge in [0.1, 0.15) is 11.8 Å². The van der Waals surface area contributed by atoms with Gasteiger partial charge < -0.3 is 21.9 Å². The summed E-state index contributed by atoms with van der Waals surface area (Å²) in [6.07, 6.45) is 1.09. The van der Waals surface area contributed by atoms with Gasteiger partial charge >= 0.3 is 5.97 Å². The average molecular weight is 334 g/mol. The van der Waals surface area contributed by atoms with E-state index >= 15 is 0 Å². The van der Waals surface area contributed by atoms with E-state index in [1.807, 2.05) is 18.2 Å². The number of ether oxygens (including phenoxy) is 1. The normalized spacial score (nSPS) is 12.3. The molecule has 0 saturated carbocycles. The van der Waals surface area contributed by atoms with Gasteiger partial charge in [-0.05, 0) is 35.8 Å². The molecule has 0 saturated heterocycles. The second kappa shape index (κ2) is 9.27.